The Kier molecular flexibility index (Phi) is 6.28. The van der Waals surface area contributed by atoms with Crippen molar-refractivity contribution >= 4 is 38.4 Å². The van der Waals surface area contributed by atoms with Crippen LogP contribution in [0.25, 0.3) is 21.1 Å². The van der Waals surface area contributed by atoms with Crippen LogP contribution in [0.3, 0.4) is 0 Å². The molecule has 6 nitrogen and oxygen atoms in total. The van der Waals surface area contributed by atoms with Gasteiger partial charge in [0.05, 0.1) is 17.5 Å². The largest absolute Gasteiger partial charge is 0.497 e. The van der Waals surface area contributed by atoms with Gasteiger partial charge in [0.15, 0.2) is 0 Å². The van der Waals surface area contributed by atoms with Crippen LogP contribution in [0.2, 0.25) is 0 Å². The van der Waals surface area contributed by atoms with Gasteiger partial charge in [0, 0.05) is 43.5 Å². The van der Waals surface area contributed by atoms with Crippen LogP contribution >= 0.6 is 11.3 Å². The molecule has 0 bridgehead atoms. The Bertz CT molecular complexity index is 995. The predicted octanol–water partition coefficient (Wildman–Crippen LogP) is 3.22. The lowest BCUT2D eigenvalue weighted by Crippen LogP contribution is -2.46. The van der Waals surface area contributed by atoms with Gasteiger partial charge >= 0.3 is 0 Å². The first-order valence-corrected chi connectivity index (χ1v) is 11.1. The van der Waals surface area contributed by atoms with Crippen molar-refractivity contribution in [2.75, 3.05) is 52.9 Å². The fourth-order valence-electron chi connectivity index (χ4n) is 3.77. The number of aromatic nitrogens is 1. The van der Waals surface area contributed by atoms with E-state index < -0.39 is 0 Å². The van der Waals surface area contributed by atoms with Crippen molar-refractivity contribution < 1.29 is 9.53 Å². The van der Waals surface area contributed by atoms with E-state index >= 15 is 0 Å². The lowest BCUT2D eigenvalue weighted by atomic mass is 10.2. The van der Waals surface area contributed by atoms with Crippen LogP contribution in [0.5, 0.6) is 5.75 Å². The van der Waals surface area contributed by atoms with E-state index in [0.717, 1.165) is 72.6 Å². The molecule has 1 amide bonds. The van der Waals surface area contributed by atoms with Crippen molar-refractivity contribution in [1.82, 2.24) is 20.1 Å². The number of likely N-dealkylation sites (N-methyl/N-ethyl adjacent to an activating group) is 1. The highest BCUT2D eigenvalue weighted by Crippen LogP contribution is 2.29. The smallest absolute Gasteiger partial charge is 0.261 e. The molecule has 1 saturated heterocycles. The molecular formula is C22H28N4O2S. The second-order valence-electron chi connectivity index (χ2n) is 7.44. The van der Waals surface area contributed by atoms with Gasteiger partial charge in [0.25, 0.3) is 5.91 Å². The Morgan fingerprint density at radius 3 is 2.69 bits per heavy atom. The molecule has 2 aromatic heterocycles. The van der Waals surface area contributed by atoms with Crippen LogP contribution in [0.1, 0.15) is 23.0 Å². The Labute approximate surface area is 175 Å². The number of benzene rings is 1. The molecule has 1 fully saturated rings. The number of thiophene rings is 1. The zero-order valence-corrected chi connectivity index (χ0v) is 17.9. The summed E-state index contributed by atoms with van der Waals surface area (Å²) in [7, 11) is 1.66. The summed E-state index contributed by atoms with van der Waals surface area (Å²) in [5.41, 5.74) is 0.912. The average molecular weight is 413 g/mol. The summed E-state index contributed by atoms with van der Waals surface area (Å²) in [4.78, 5) is 23.8. The van der Waals surface area contributed by atoms with Gasteiger partial charge < -0.3 is 19.9 Å². The molecule has 0 radical (unpaired) electrons. The number of amides is 1. The average Bonchev–Trinajstić information content (AvgIpc) is 3.18. The third-order valence-electron chi connectivity index (χ3n) is 5.58. The van der Waals surface area contributed by atoms with E-state index in [4.69, 9.17) is 9.72 Å². The Morgan fingerprint density at radius 1 is 1.14 bits per heavy atom. The number of hydrogen-bond donors (Lipinski definition) is 1. The maximum atomic E-state index is 12.6. The highest BCUT2D eigenvalue weighted by molar-refractivity contribution is 7.20. The zero-order chi connectivity index (χ0) is 20.2. The first-order chi connectivity index (χ1) is 14.2. The number of ether oxygens (including phenoxy) is 1. The summed E-state index contributed by atoms with van der Waals surface area (Å²) >= 11 is 1.45. The van der Waals surface area contributed by atoms with Crippen LogP contribution in [0.4, 0.5) is 0 Å². The molecule has 1 aliphatic rings. The number of rotatable bonds is 7. The molecule has 0 atom stereocenters. The number of fused-ring (bicyclic) bond motifs is 2. The number of piperazine rings is 1. The van der Waals surface area contributed by atoms with Gasteiger partial charge in [-0.25, -0.2) is 4.98 Å². The SMILES string of the molecule is CCN1CCN(CCCNC(=O)c2cc3cc4cc(OC)ccc4nc3s2)CC1. The van der Waals surface area contributed by atoms with Gasteiger partial charge in [-0.3, -0.25) is 4.79 Å². The van der Waals surface area contributed by atoms with Crippen molar-refractivity contribution in [1.29, 1.82) is 0 Å². The topological polar surface area (TPSA) is 57.7 Å². The molecule has 1 aromatic carbocycles. The van der Waals surface area contributed by atoms with Crippen LogP contribution in [-0.2, 0) is 0 Å². The van der Waals surface area contributed by atoms with Crippen molar-refractivity contribution in [2.45, 2.75) is 13.3 Å². The van der Waals surface area contributed by atoms with E-state index in [1.807, 2.05) is 24.3 Å². The third kappa shape index (κ3) is 4.69. The second kappa shape index (κ2) is 9.07. The maximum absolute atomic E-state index is 12.6. The van der Waals surface area contributed by atoms with Crippen molar-refractivity contribution in [3.63, 3.8) is 0 Å². The van der Waals surface area contributed by atoms with Gasteiger partial charge in [0.2, 0.25) is 0 Å². The summed E-state index contributed by atoms with van der Waals surface area (Å²) in [6.45, 7) is 9.65. The number of carbonyl (C=O) groups is 1. The fraction of sp³-hybridized carbons (Fsp3) is 0.455. The molecule has 3 heterocycles. The highest BCUT2D eigenvalue weighted by Gasteiger charge is 2.15. The first-order valence-electron chi connectivity index (χ1n) is 10.3. The van der Waals surface area contributed by atoms with Crippen molar-refractivity contribution in [3.8, 4) is 5.75 Å². The van der Waals surface area contributed by atoms with E-state index in [1.54, 1.807) is 7.11 Å². The van der Waals surface area contributed by atoms with Crippen LogP contribution in [0.15, 0.2) is 30.3 Å². The number of hydrogen-bond acceptors (Lipinski definition) is 6. The van der Waals surface area contributed by atoms with Crippen molar-refractivity contribution in [2.24, 2.45) is 0 Å². The lowest BCUT2D eigenvalue weighted by molar-refractivity contribution is 0.0952. The minimum atomic E-state index is -0.00885. The minimum Gasteiger partial charge on any atom is -0.497 e. The molecule has 0 saturated carbocycles. The number of methoxy groups -OCH3 is 1. The van der Waals surface area contributed by atoms with E-state index in [2.05, 4.69) is 28.1 Å². The molecular weight excluding hydrogens is 384 g/mol. The molecule has 7 heteroatoms. The van der Waals surface area contributed by atoms with Gasteiger partial charge in [-0.15, -0.1) is 11.3 Å². The lowest BCUT2D eigenvalue weighted by Gasteiger charge is -2.33. The quantitative estimate of drug-likeness (QED) is 0.604. The summed E-state index contributed by atoms with van der Waals surface area (Å²) in [5.74, 6) is 0.799. The molecule has 154 valence electrons. The van der Waals surface area contributed by atoms with E-state index in [9.17, 15) is 4.79 Å². The molecule has 1 aliphatic heterocycles. The molecule has 4 rings (SSSR count). The summed E-state index contributed by atoms with van der Waals surface area (Å²) in [5, 5.41) is 5.08. The number of carbonyl (C=O) groups excluding carboxylic acids is 1. The summed E-state index contributed by atoms with van der Waals surface area (Å²) in [6, 6.07) is 9.84. The molecule has 0 unspecified atom stereocenters. The molecule has 0 aliphatic carbocycles. The summed E-state index contributed by atoms with van der Waals surface area (Å²) < 4.78 is 5.29. The number of pyridine rings is 1. The van der Waals surface area contributed by atoms with Crippen LogP contribution in [0, 0.1) is 0 Å². The molecule has 3 aromatic rings. The van der Waals surface area contributed by atoms with Gasteiger partial charge in [0.1, 0.15) is 10.6 Å². The molecule has 0 spiro atoms. The zero-order valence-electron chi connectivity index (χ0n) is 17.1. The van der Waals surface area contributed by atoms with E-state index in [1.165, 1.54) is 11.3 Å². The Hall–Kier alpha value is -2.22. The van der Waals surface area contributed by atoms with Gasteiger partial charge in [-0.05, 0) is 49.8 Å². The Morgan fingerprint density at radius 2 is 1.93 bits per heavy atom. The minimum absolute atomic E-state index is 0.00885. The normalized spacial score (nSPS) is 15.8. The maximum Gasteiger partial charge on any atom is 0.261 e. The van der Waals surface area contributed by atoms with Gasteiger partial charge in [-0.1, -0.05) is 6.92 Å². The first kappa shape index (κ1) is 20.1. The number of nitrogens with one attached hydrogen (secondary N) is 1. The van der Waals surface area contributed by atoms with Gasteiger partial charge in [-0.2, -0.15) is 0 Å². The molecule has 29 heavy (non-hydrogen) atoms. The third-order valence-corrected chi connectivity index (χ3v) is 6.62. The Balaban J connectivity index is 1.33. The van der Waals surface area contributed by atoms with Crippen LogP contribution < -0.4 is 10.1 Å². The van der Waals surface area contributed by atoms with Crippen molar-refractivity contribution in [3.05, 3.63) is 35.2 Å². The number of nitrogens with zero attached hydrogens (tertiary/aromatic N) is 3. The monoisotopic (exact) mass is 412 g/mol. The second-order valence-corrected chi connectivity index (χ2v) is 8.47. The van der Waals surface area contributed by atoms with E-state index in [-0.39, 0.29) is 5.91 Å². The standard InChI is InChI=1S/C22H28N4O2S/c1-3-25-9-11-26(12-10-25)8-4-7-23-21(27)20-15-17-13-16-14-18(28-2)5-6-19(16)24-22(17)29-20/h5-6,13-15H,3-4,7-12H2,1-2H3,(H,23,27). The summed E-state index contributed by atoms with van der Waals surface area (Å²) in [6.07, 6.45) is 0.977. The fourth-order valence-corrected chi connectivity index (χ4v) is 4.71. The highest BCUT2D eigenvalue weighted by atomic mass is 32.1. The van der Waals surface area contributed by atoms with Crippen LogP contribution in [-0.4, -0.2) is 73.6 Å². The molecule has 1 N–H and O–H groups in total. The predicted molar refractivity (Wildman–Crippen MR) is 119 cm³/mol. The van der Waals surface area contributed by atoms with E-state index in [0.29, 0.717) is 11.4 Å².